The minimum atomic E-state index is -1.82. The summed E-state index contributed by atoms with van der Waals surface area (Å²) in [5.74, 6) is -2.70. The van der Waals surface area contributed by atoms with Gasteiger partial charge in [0.15, 0.2) is 0 Å². The fourth-order valence-corrected chi connectivity index (χ4v) is 2.65. The summed E-state index contributed by atoms with van der Waals surface area (Å²) in [6.45, 7) is 6.28. The molecule has 0 radical (unpaired) electrons. The molecule has 2 N–H and O–H groups in total. The Morgan fingerprint density at radius 1 is 1.12 bits per heavy atom. The topological polar surface area (TPSA) is 87.1 Å². The van der Waals surface area contributed by atoms with E-state index in [1.54, 1.807) is 0 Å². The van der Waals surface area contributed by atoms with Crippen LogP contribution in [0.5, 0.6) is 5.75 Å². The molecule has 0 amide bonds. The minimum Gasteiger partial charge on any atom is -0.492 e. The van der Waals surface area contributed by atoms with E-state index in [9.17, 15) is 0 Å². The third-order valence-corrected chi connectivity index (χ3v) is 3.92. The molecule has 0 saturated carbocycles. The van der Waals surface area contributed by atoms with Crippen LogP contribution in [-0.2, 0) is 9.59 Å². The monoisotopic (exact) mass is 357 g/mol. The average molecular weight is 358 g/mol. The lowest BCUT2D eigenvalue weighted by Crippen LogP contribution is -2.29. The second kappa shape index (κ2) is 10.9. The van der Waals surface area contributed by atoms with Crippen molar-refractivity contribution < 1.29 is 24.5 Å². The number of hydrogen-bond acceptors (Lipinski definition) is 4. The Hall–Kier alpha value is -1.79. The van der Waals surface area contributed by atoms with Gasteiger partial charge in [0.05, 0.1) is 0 Å². The van der Waals surface area contributed by atoms with Crippen LogP contribution in [0.1, 0.15) is 31.2 Å². The molecule has 6 nitrogen and oxygen atoms in total. The van der Waals surface area contributed by atoms with Crippen molar-refractivity contribution in [2.75, 3.05) is 26.2 Å². The lowest BCUT2D eigenvalue weighted by Gasteiger charge is -2.20. The highest BCUT2D eigenvalue weighted by molar-refractivity contribution is 6.30. The number of carbonyl (C=O) groups is 2. The van der Waals surface area contributed by atoms with E-state index in [0.717, 1.165) is 29.5 Å². The molecule has 24 heavy (non-hydrogen) atoms. The van der Waals surface area contributed by atoms with E-state index in [0.29, 0.717) is 0 Å². The number of likely N-dealkylation sites (tertiary alicyclic amines) is 1. The van der Waals surface area contributed by atoms with Gasteiger partial charge in [0.1, 0.15) is 12.4 Å². The molecule has 2 rings (SSSR count). The van der Waals surface area contributed by atoms with Gasteiger partial charge in [-0.25, -0.2) is 9.59 Å². The maximum absolute atomic E-state index is 9.10. The van der Waals surface area contributed by atoms with Crippen molar-refractivity contribution in [3.8, 4) is 5.75 Å². The van der Waals surface area contributed by atoms with Crippen LogP contribution in [0.25, 0.3) is 0 Å². The van der Waals surface area contributed by atoms with Gasteiger partial charge in [0, 0.05) is 11.6 Å². The summed E-state index contributed by atoms with van der Waals surface area (Å²) in [6.07, 6.45) is 5.43. The van der Waals surface area contributed by atoms with E-state index in [1.807, 2.05) is 25.1 Å². The quantitative estimate of drug-likeness (QED) is 0.805. The molecule has 1 heterocycles. The minimum absolute atomic E-state index is 0.766. The maximum atomic E-state index is 9.10. The summed E-state index contributed by atoms with van der Waals surface area (Å²) in [4.78, 5) is 20.7. The van der Waals surface area contributed by atoms with Crippen molar-refractivity contribution in [3.05, 3.63) is 28.8 Å². The molecule has 134 valence electrons. The van der Waals surface area contributed by atoms with Gasteiger partial charge in [-0.2, -0.15) is 0 Å². The molecule has 1 saturated heterocycles. The molecule has 0 bridgehead atoms. The summed E-state index contributed by atoms with van der Waals surface area (Å²) >= 11 is 5.93. The van der Waals surface area contributed by atoms with Crippen LogP contribution in [0.4, 0.5) is 0 Å². The smallest absolute Gasteiger partial charge is 0.414 e. The molecule has 0 atom stereocenters. The summed E-state index contributed by atoms with van der Waals surface area (Å²) in [7, 11) is 0. The lowest BCUT2D eigenvalue weighted by atomic mass is 10.2. The lowest BCUT2D eigenvalue weighted by molar-refractivity contribution is -0.159. The second-order valence-corrected chi connectivity index (χ2v) is 6.06. The van der Waals surface area contributed by atoms with Crippen molar-refractivity contribution in [3.63, 3.8) is 0 Å². The van der Waals surface area contributed by atoms with Crippen LogP contribution >= 0.6 is 11.6 Å². The van der Waals surface area contributed by atoms with Crippen LogP contribution < -0.4 is 4.74 Å². The number of carboxylic acid groups (broad SMARTS) is 2. The van der Waals surface area contributed by atoms with Crippen molar-refractivity contribution in [1.29, 1.82) is 0 Å². The predicted octanol–water partition coefficient (Wildman–Crippen LogP) is 3.06. The first-order valence-electron chi connectivity index (χ1n) is 7.97. The largest absolute Gasteiger partial charge is 0.492 e. The highest BCUT2D eigenvalue weighted by atomic mass is 35.5. The second-order valence-electron chi connectivity index (χ2n) is 5.62. The Morgan fingerprint density at radius 2 is 1.71 bits per heavy atom. The third kappa shape index (κ3) is 8.17. The Balaban J connectivity index is 0.000000413. The summed E-state index contributed by atoms with van der Waals surface area (Å²) in [5, 5.41) is 15.6. The van der Waals surface area contributed by atoms with Crippen molar-refractivity contribution in [2.24, 2.45) is 0 Å². The first-order valence-corrected chi connectivity index (χ1v) is 8.35. The van der Waals surface area contributed by atoms with E-state index in [2.05, 4.69) is 4.90 Å². The standard InChI is InChI=1S/C15H22ClNO.C2H2O4/c1-13-12-14(16)6-7-15(13)18-11-10-17-8-4-2-3-5-9-17;3-1(4)2(5)6/h6-7,12H,2-5,8-11H2,1H3;(H,3,4)(H,5,6). The highest BCUT2D eigenvalue weighted by Crippen LogP contribution is 2.21. The Bertz CT molecular complexity index is 530. The Labute approximate surface area is 147 Å². The number of benzene rings is 1. The number of aryl methyl sites for hydroxylation is 1. The first kappa shape index (κ1) is 20.3. The molecular weight excluding hydrogens is 334 g/mol. The molecule has 1 aliphatic rings. The molecule has 1 aliphatic heterocycles. The number of carboxylic acids is 2. The zero-order chi connectivity index (χ0) is 17.9. The SMILES string of the molecule is Cc1cc(Cl)ccc1OCCN1CCCCCC1.O=C(O)C(=O)O. The van der Waals surface area contributed by atoms with Crippen LogP contribution in [-0.4, -0.2) is 53.3 Å². The van der Waals surface area contributed by atoms with Crippen LogP contribution in [0.15, 0.2) is 18.2 Å². The molecule has 0 unspecified atom stereocenters. The molecule has 0 spiro atoms. The highest BCUT2D eigenvalue weighted by Gasteiger charge is 2.09. The van der Waals surface area contributed by atoms with E-state index >= 15 is 0 Å². The van der Waals surface area contributed by atoms with Crippen molar-refractivity contribution in [2.45, 2.75) is 32.6 Å². The first-order chi connectivity index (χ1) is 11.4. The van der Waals surface area contributed by atoms with Gasteiger partial charge in [-0.3, -0.25) is 4.90 Å². The van der Waals surface area contributed by atoms with Gasteiger partial charge in [-0.15, -0.1) is 0 Å². The van der Waals surface area contributed by atoms with Gasteiger partial charge in [0.2, 0.25) is 0 Å². The zero-order valence-electron chi connectivity index (χ0n) is 13.8. The molecule has 1 aromatic rings. The molecule has 0 aromatic heterocycles. The van der Waals surface area contributed by atoms with Gasteiger partial charge < -0.3 is 14.9 Å². The normalized spacial score (nSPS) is 14.9. The Kier molecular flexibility index (Phi) is 9.19. The number of ether oxygens (including phenoxy) is 1. The molecule has 1 fully saturated rings. The Morgan fingerprint density at radius 3 is 2.21 bits per heavy atom. The predicted molar refractivity (Wildman–Crippen MR) is 91.9 cm³/mol. The van der Waals surface area contributed by atoms with E-state index < -0.39 is 11.9 Å². The number of nitrogens with zero attached hydrogens (tertiary/aromatic N) is 1. The van der Waals surface area contributed by atoms with E-state index in [4.69, 9.17) is 36.1 Å². The molecule has 0 aliphatic carbocycles. The summed E-state index contributed by atoms with van der Waals surface area (Å²) in [5.41, 5.74) is 1.11. The number of hydrogen-bond donors (Lipinski definition) is 2. The molecular formula is C17H24ClNO5. The third-order valence-electron chi connectivity index (χ3n) is 3.68. The van der Waals surface area contributed by atoms with Gasteiger partial charge >= 0.3 is 11.9 Å². The average Bonchev–Trinajstić information content (AvgIpc) is 2.79. The molecule has 7 heteroatoms. The van der Waals surface area contributed by atoms with Gasteiger partial charge in [-0.05, 0) is 56.6 Å². The number of halogens is 1. The van der Waals surface area contributed by atoms with Gasteiger partial charge in [-0.1, -0.05) is 24.4 Å². The summed E-state index contributed by atoms with van der Waals surface area (Å²) in [6, 6.07) is 5.79. The fraction of sp³-hybridized carbons (Fsp3) is 0.529. The number of aliphatic carboxylic acids is 2. The van der Waals surface area contributed by atoms with E-state index in [1.165, 1.54) is 38.8 Å². The van der Waals surface area contributed by atoms with Crippen LogP contribution in [0.2, 0.25) is 5.02 Å². The van der Waals surface area contributed by atoms with Gasteiger partial charge in [0.25, 0.3) is 0 Å². The van der Waals surface area contributed by atoms with Crippen molar-refractivity contribution >= 4 is 23.5 Å². The van der Waals surface area contributed by atoms with E-state index in [-0.39, 0.29) is 0 Å². The van der Waals surface area contributed by atoms with Crippen molar-refractivity contribution in [1.82, 2.24) is 4.90 Å². The fourth-order valence-electron chi connectivity index (χ4n) is 2.42. The number of rotatable bonds is 4. The zero-order valence-corrected chi connectivity index (χ0v) is 14.6. The van der Waals surface area contributed by atoms with Crippen LogP contribution in [0.3, 0.4) is 0 Å². The van der Waals surface area contributed by atoms with Crippen LogP contribution in [0, 0.1) is 6.92 Å². The molecule has 1 aromatic carbocycles. The maximum Gasteiger partial charge on any atom is 0.414 e. The summed E-state index contributed by atoms with van der Waals surface area (Å²) < 4.78 is 5.84.